The first-order valence-corrected chi connectivity index (χ1v) is 6.46. The van der Waals surface area contributed by atoms with Gasteiger partial charge in [-0.05, 0) is 0 Å². The van der Waals surface area contributed by atoms with Crippen molar-refractivity contribution in [3.63, 3.8) is 0 Å². The van der Waals surface area contributed by atoms with Crippen LogP contribution < -0.4 is 5.56 Å². The van der Waals surface area contributed by atoms with Crippen molar-refractivity contribution in [3.05, 3.63) is 46.8 Å². The minimum Gasteiger partial charge on any atom is -0.286 e. The molecule has 1 aromatic carbocycles. The third-order valence-electron chi connectivity index (χ3n) is 2.79. The van der Waals surface area contributed by atoms with Crippen LogP contribution in [0.15, 0.2) is 46.3 Å². The molecule has 17 heavy (non-hydrogen) atoms. The Morgan fingerprint density at radius 3 is 2.88 bits per heavy atom. The van der Waals surface area contributed by atoms with E-state index in [2.05, 4.69) is 11.9 Å². The van der Waals surface area contributed by atoms with E-state index in [1.54, 1.807) is 22.4 Å². The van der Waals surface area contributed by atoms with E-state index in [1.165, 1.54) is 0 Å². The van der Waals surface area contributed by atoms with Crippen molar-refractivity contribution in [3.8, 4) is 11.3 Å². The Hall–Kier alpha value is -1.55. The van der Waals surface area contributed by atoms with Crippen molar-refractivity contribution in [2.75, 3.05) is 0 Å². The van der Waals surface area contributed by atoms with Crippen LogP contribution in [-0.2, 0) is 6.54 Å². The Morgan fingerprint density at radius 2 is 2.12 bits per heavy atom. The van der Waals surface area contributed by atoms with Crippen molar-refractivity contribution >= 4 is 11.8 Å². The zero-order chi connectivity index (χ0) is 11.8. The van der Waals surface area contributed by atoms with Gasteiger partial charge in [0.15, 0.2) is 5.16 Å². The summed E-state index contributed by atoms with van der Waals surface area (Å²) in [5.74, 6) is 0. The van der Waals surface area contributed by atoms with Crippen molar-refractivity contribution in [1.29, 1.82) is 0 Å². The van der Waals surface area contributed by atoms with Gasteiger partial charge < -0.3 is 0 Å². The molecule has 1 aliphatic rings. The fourth-order valence-corrected chi connectivity index (χ4v) is 3.00. The minimum absolute atomic E-state index is 0.0469. The SMILES string of the molecule is CC1Cn2c(nc(-c3ccccc3)cc2=O)S1. The van der Waals surface area contributed by atoms with Crippen molar-refractivity contribution in [2.24, 2.45) is 0 Å². The van der Waals surface area contributed by atoms with E-state index in [0.29, 0.717) is 5.25 Å². The Balaban J connectivity index is 2.14. The first-order chi connectivity index (χ1) is 8.24. The molecule has 0 radical (unpaired) electrons. The van der Waals surface area contributed by atoms with Crippen LogP contribution in [0.2, 0.25) is 0 Å². The molecule has 0 saturated heterocycles. The summed E-state index contributed by atoms with van der Waals surface area (Å²) in [4.78, 5) is 16.5. The third-order valence-corrected chi connectivity index (χ3v) is 3.86. The standard InChI is InChI=1S/C13H12N2OS/c1-9-8-15-12(16)7-11(14-13(15)17-9)10-5-3-2-4-6-10/h2-7,9H,8H2,1H3. The highest BCUT2D eigenvalue weighted by Gasteiger charge is 2.21. The van der Waals surface area contributed by atoms with E-state index >= 15 is 0 Å². The van der Waals surface area contributed by atoms with Crippen LogP contribution in [0.4, 0.5) is 0 Å². The fourth-order valence-electron chi connectivity index (χ4n) is 1.97. The lowest BCUT2D eigenvalue weighted by atomic mass is 10.1. The summed E-state index contributed by atoms with van der Waals surface area (Å²) >= 11 is 1.67. The average Bonchev–Trinajstić information content (AvgIpc) is 2.71. The monoisotopic (exact) mass is 244 g/mol. The molecule has 4 heteroatoms. The molecule has 0 N–H and O–H groups in total. The lowest BCUT2D eigenvalue weighted by Gasteiger charge is -2.04. The van der Waals surface area contributed by atoms with Crippen LogP contribution >= 0.6 is 11.8 Å². The van der Waals surface area contributed by atoms with Gasteiger partial charge in [0, 0.05) is 23.4 Å². The van der Waals surface area contributed by atoms with Crippen LogP contribution in [0.5, 0.6) is 0 Å². The van der Waals surface area contributed by atoms with Gasteiger partial charge in [0.1, 0.15) is 0 Å². The molecule has 2 heterocycles. The molecular formula is C13H12N2OS. The van der Waals surface area contributed by atoms with Gasteiger partial charge in [-0.2, -0.15) is 0 Å². The van der Waals surface area contributed by atoms with Gasteiger partial charge in [-0.15, -0.1) is 0 Å². The number of rotatable bonds is 1. The average molecular weight is 244 g/mol. The molecule has 1 unspecified atom stereocenters. The summed E-state index contributed by atoms with van der Waals surface area (Å²) in [5.41, 5.74) is 1.81. The number of nitrogens with zero attached hydrogens (tertiary/aromatic N) is 2. The minimum atomic E-state index is 0.0469. The Kier molecular flexibility index (Phi) is 2.52. The highest BCUT2D eigenvalue weighted by atomic mass is 32.2. The maximum absolute atomic E-state index is 12.0. The molecule has 2 aromatic rings. The lowest BCUT2D eigenvalue weighted by Crippen LogP contribution is -2.20. The van der Waals surface area contributed by atoms with Crippen molar-refractivity contribution in [2.45, 2.75) is 23.9 Å². The summed E-state index contributed by atoms with van der Waals surface area (Å²) in [6.45, 7) is 2.88. The topological polar surface area (TPSA) is 34.9 Å². The van der Waals surface area contributed by atoms with Gasteiger partial charge in [0.25, 0.3) is 5.56 Å². The molecule has 0 amide bonds. The van der Waals surface area contributed by atoms with Crippen LogP contribution in [0.3, 0.4) is 0 Å². The van der Waals surface area contributed by atoms with Gasteiger partial charge >= 0.3 is 0 Å². The van der Waals surface area contributed by atoms with E-state index < -0.39 is 0 Å². The van der Waals surface area contributed by atoms with Gasteiger partial charge in [-0.3, -0.25) is 9.36 Å². The van der Waals surface area contributed by atoms with E-state index in [4.69, 9.17) is 0 Å². The van der Waals surface area contributed by atoms with Gasteiger partial charge in [0.2, 0.25) is 0 Å². The number of benzene rings is 1. The van der Waals surface area contributed by atoms with Crippen LogP contribution in [-0.4, -0.2) is 14.8 Å². The van der Waals surface area contributed by atoms with Gasteiger partial charge in [-0.1, -0.05) is 49.0 Å². The third kappa shape index (κ3) is 1.89. The molecule has 1 atom stereocenters. The van der Waals surface area contributed by atoms with E-state index in [-0.39, 0.29) is 5.56 Å². The summed E-state index contributed by atoms with van der Waals surface area (Å²) < 4.78 is 1.75. The second-order valence-corrected chi connectivity index (χ2v) is 5.57. The molecule has 0 aliphatic carbocycles. The number of aromatic nitrogens is 2. The fraction of sp³-hybridized carbons (Fsp3) is 0.231. The van der Waals surface area contributed by atoms with Crippen LogP contribution in [0, 0.1) is 0 Å². The summed E-state index contributed by atoms with van der Waals surface area (Å²) in [6, 6.07) is 11.4. The molecule has 1 aromatic heterocycles. The lowest BCUT2D eigenvalue weighted by molar-refractivity contribution is 0.620. The van der Waals surface area contributed by atoms with E-state index in [0.717, 1.165) is 23.0 Å². The first kappa shape index (κ1) is 10.6. The zero-order valence-electron chi connectivity index (χ0n) is 9.46. The zero-order valence-corrected chi connectivity index (χ0v) is 10.3. The Morgan fingerprint density at radius 1 is 1.35 bits per heavy atom. The number of hydrogen-bond donors (Lipinski definition) is 0. The quantitative estimate of drug-likeness (QED) is 0.722. The molecule has 0 fully saturated rings. The maximum Gasteiger partial charge on any atom is 0.254 e. The smallest absolute Gasteiger partial charge is 0.254 e. The predicted molar refractivity (Wildman–Crippen MR) is 69.3 cm³/mol. The molecule has 0 bridgehead atoms. The number of thioether (sulfide) groups is 1. The van der Waals surface area contributed by atoms with Gasteiger partial charge in [0.05, 0.1) is 5.69 Å². The molecule has 3 nitrogen and oxygen atoms in total. The molecular weight excluding hydrogens is 232 g/mol. The molecule has 0 saturated carbocycles. The maximum atomic E-state index is 12.0. The highest BCUT2D eigenvalue weighted by Crippen LogP contribution is 2.29. The van der Waals surface area contributed by atoms with E-state index in [9.17, 15) is 4.79 Å². The Bertz CT molecular complexity index is 607. The predicted octanol–water partition coefficient (Wildman–Crippen LogP) is 2.40. The number of hydrogen-bond acceptors (Lipinski definition) is 3. The molecule has 1 aliphatic heterocycles. The summed E-state index contributed by atoms with van der Waals surface area (Å²) in [7, 11) is 0. The van der Waals surface area contributed by atoms with Gasteiger partial charge in [-0.25, -0.2) is 4.98 Å². The number of fused-ring (bicyclic) bond motifs is 1. The van der Waals surface area contributed by atoms with Crippen molar-refractivity contribution < 1.29 is 0 Å². The highest BCUT2D eigenvalue weighted by molar-refractivity contribution is 7.99. The molecule has 0 spiro atoms. The van der Waals surface area contributed by atoms with E-state index in [1.807, 2.05) is 30.3 Å². The Labute approximate surface area is 104 Å². The molecule has 86 valence electrons. The largest absolute Gasteiger partial charge is 0.286 e. The molecule has 3 rings (SSSR count). The second-order valence-electron chi connectivity index (χ2n) is 4.17. The van der Waals surface area contributed by atoms with Crippen LogP contribution in [0.25, 0.3) is 11.3 Å². The first-order valence-electron chi connectivity index (χ1n) is 5.58. The normalized spacial score (nSPS) is 18.1. The van der Waals surface area contributed by atoms with Crippen LogP contribution in [0.1, 0.15) is 6.92 Å². The summed E-state index contributed by atoms with van der Waals surface area (Å²) in [5, 5.41) is 1.27. The van der Waals surface area contributed by atoms with Crippen molar-refractivity contribution in [1.82, 2.24) is 9.55 Å². The second kappa shape index (κ2) is 4.04. The summed E-state index contributed by atoms with van der Waals surface area (Å²) in [6.07, 6.45) is 0.